The highest BCUT2D eigenvalue weighted by molar-refractivity contribution is 5.57. The van der Waals surface area contributed by atoms with E-state index in [0.29, 0.717) is 0 Å². The molecule has 0 saturated carbocycles. The van der Waals surface area contributed by atoms with Gasteiger partial charge in [-0.15, -0.1) is 0 Å². The first kappa shape index (κ1) is 15.3. The number of hydrogen-bond acceptors (Lipinski definition) is 4. The summed E-state index contributed by atoms with van der Waals surface area (Å²) < 4.78 is 0. The van der Waals surface area contributed by atoms with Gasteiger partial charge in [0.05, 0.1) is 0 Å². The molecule has 0 bridgehead atoms. The number of hydrogen-bond donors (Lipinski definition) is 2. The van der Waals surface area contributed by atoms with Gasteiger partial charge in [-0.2, -0.15) is 0 Å². The fourth-order valence-corrected chi connectivity index (χ4v) is 2.11. The minimum atomic E-state index is 0.769. The van der Waals surface area contributed by atoms with Crippen LogP contribution in [0.2, 0.25) is 0 Å². The van der Waals surface area contributed by atoms with Crippen molar-refractivity contribution in [2.45, 2.75) is 40.7 Å². The zero-order chi connectivity index (χ0) is 15.2. The van der Waals surface area contributed by atoms with Gasteiger partial charge in [-0.1, -0.05) is 36.8 Å². The molecule has 0 atom stereocenters. The Morgan fingerprint density at radius 1 is 0.905 bits per heavy atom. The summed E-state index contributed by atoms with van der Waals surface area (Å²) in [6, 6.07) is 8.54. The van der Waals surface area contributed by atoms with E-state index in [9.17, 15) is 0 Å². The molecule has 1 aromatic heterocycles. The van der Waals surface area contributed by atoms with Crippen LogP contribution in [-0.2, 0) is 6.54 Å². The Hall–Kier alpha value is -2.10. The Labute approximate surface area is 127 Å². The van der Waals surface area contributed by atoms with E-state index in [-0.39, 0.29) is 0 Å². The van der Waals surface area contributed by atoms with E-state index < -0.39 is 0 Å². The summed E-state index contributed by atoms with van der Waals surface area (Å²) in [4.78, 5) is 8.99. The second kappa shape index (κ2) is 7.07. The maximum Gasteiger partial charge on any atom is 0.135 e. The Morgan fingerprint density at radius 3 is 2.14 bits per heavy atom. The smallest absolute Gasteiger partial charge is 0.135 e. The third-order valence-corrected chi connectivity index (χ3v) is 3.38. The van der Waals surface area contributed by atoms with Gasteiger partial charge in [0.2, 0.25) is 0 Å². The second-order valence-electron chi connectivity index (χ2n) is 5.36. The average molecular weight is 284 g/mol. The first-order valence-electron chi connectivity index (χ1n) is 7.48. The maximum absolute atomic E-state index is 4.51. The summed E-state index contributed by atoms with van der Waals surface area (Å²) >= 11 is 0. The minimum Gasteiger partial charge on any atom is -0.370 e. The topological polar surface area (TPSA) is 49.8 Å². The Kier molecular flexibility index (Phi) is 5.14. The molecular formula is C17H24N4. The number of nitrogens with one attached hydrogen (secondary N) is 2. The van der Waals surface area contributed by atoms with E-state index in [2.05, 4.69) is 65.6 Å². The monoisotopic (exact) mass is 284 g/mol. The fourth-order valence-electron chi connectivity index (χ4n) is 2.11. The predicted octanol–water partition coefficient (Wildman–Crippen LogP) is 3.84. The van der Waals surface area contributed by atoms with E-state index in [1.165, 1.54) is 11.1 Å². The Balaban J connectivity index is 2.11. The van der Waals surface area contributed by atoms with Crippen molar-refractivity contribution in [2.75, 3.05) is 17.2 Å². The van der Waals surface area contributed by atoms with Crippen LogP contribution >= 0.6 is 0 Å². The summed E-state index contributed by atoms with van der Waals surface area (Å²) in [6.07, 6.45) is 1.08. The molecule has 4 heteroatoms. The molecule has 2 aromatic rings. The Bertz CT molecular complexity index is 590. The zero-order valence-electron chi connectivity index (χ0n) is 13.3. The van der Waals surface area contributed by atoms with Crippen LogP contribution in [-0.4, -0.2) is 16.5 Å². The van der Waals surface area contributed by atoms with Crippen molar-refractivity contribution >= 4 is 11.6 Å². The molecular weight excluding hydrogens is 260 g/mol. The molecule has 1 aromatic carbocycles. The van der Waals surface area contributed by atoms with E-state index in [0.717, 1.165) is 42.5 Å². The number of aryl methyl sites for hydroxylation is 2. The highest BCUT2D eigenvalue weighted by atomic mass is 15.1. The SMILES string of the molecule is CCCNc1nc(C)nc(NCc2ccc(C)cc2)c1C. The number of benzene rings is 1. The lowest BCUT2D eigenvalue weighted by Crippen LogP contribution is -2.10. The van der Waals surface area contributed by atoms with Gasteiger partial charge in [-0.3, -0.25) is 0 Å². The number of nitrogens with zero attached hydrogens (tertiary/aromatic N) is 2. The van der Waals surface area contributed by atoms with Crippen LogP contribution in [0.15, 0.2) is 24.3 Å². The average Bonchev–Trinajstić information content (AvgIpc) is 2.48. The van der Waals surface area contributed by atoms with Crippen molar-refractivity contribution in [3.63, 3.8) is 0 Å². The van der Waals surface area contributed by atoms with Crippen LogP contribution in [0.25, 0.3) is 0 Å². The van der Waals surface area contributed by atoms with Crippen LogP contribution in [0, 0.1) is 20.8 Å². The van der Waals surface area contributed by atoms with Crippen LogP contribution in [0.1, 0.15) is 35.9 Å². The number of aromatic nitrogens is 2. The van der Waals surface area contributed by atoms with Gasteiger partial charge in [-0.25, -0.2) is 9.97 Å². The first-order valence-corrected chi connectivity index (χ1v) is 7.48. The highest BCUT2D eigenvalue weighted by Gasteiger charge is 2.08. The molecule has 0 fully saturated rings. The van der Waals surface area contributed by atoms with Gasteiger partial charge in [0, 0.05) is 18.7 Å². The lowest BCUT2D eigenvalue weighted by molar-refractivity contribution is 0.942. The molecule has 4 nitrogen and oxygen atoms in total. The normalized spacial score (nSPS) is 10.5. The van der Waals surface area contributed by atoms with E-state index in [4.69, 9.17) is 0 Å². The molecule has 0 spiro atoms. The molecule has 0 unspecified atom stereocenters. The van der Waals surface area contributed by atoms with Crippen molar-refractivity contribution < 1.29 is 0 Å². The predicted molar refractivity (Wildman–Crippen MR) is 88.8 cm³/mol. The highest BCUT2D eigenvalue weighted by Crippen LogP contribution is 2.20. The summed E-state index contributed by atoms with van der Waals surface area (Å²) in [6.45, 7) is 9.91. The molecule has 0 saturated heterocycles. The van der Waals surface area contributed by atoms with Crippen molar-refractivity contribution in [1.82, 2.24) is 9.97 Å². The molecule has 0 radical (unpaired) electrons. The van der Waals surface area contributed by atoms with Gasteiger partial charge in [0.15, 0.2) is 0 Å². The molecule has 0 aliphatic heterocycles. The van der Waals surface area contributed by atoms with Crippen LogP contribution in [0.3, 0.4) is 0 Å². The lowest BCUT2D eigenvalue weighted by atomic mass is 10.1. The van der Waals surface area contributed by atoms with Crippen LogP contribution in [0.5, 0.6) is 0 Å². The molecule has 21 heavy (non-hydrogen) atoms. The molecule has 2 N–H and O–H groups in total. The quantitative estimate of drug-likeness (QED) is 0.846. The van der Waals surface area contributed by atoms with Crippen LogP contribution < -0.4 is 10.6 Å². The van der Waals surface area contributed by atoms with Crippen LogP contribution in [0.4, 0.5) is 11.6 Å². The maximum atomic E-state index is 4.51. The van der Waals surface area contributed by atoms with Crippen molar-refractivity contribution in [3.8, 4) is 0 Å². The van der Waals surface area contributed by atoms with E-state index >= 15 is 0 Å². The van der Waals surface area contributed by atoms with Gasteiger partial charge < -0.3 is 10.6 Å². The Morgan fingerprint density at radius 2 is 1.52 bits per heavy atom. The standard InChI is InChI=1S/C17H24N4/c1-5-10-18-16-13(3)17(21-14(4)20-16)19-11-15-8-6-12(2)7-9-15/h6-9H,5,10-11H2,1-4H3,(H2,18,19,20,21). The summed E-state index contributed by atoms with van der Waals surface area (Å²) in [5.74, 6) is 2.61. The summed E-state index contributed by atoms with van der Waals surface area (Å²) in [5, 5.41) is 6.77. The van der Waals surface area contributed by atoms with Gasteiger partial charge in [-0.05, 0) is 32.8 Å². The van der Waals surface area contributed by atoms with Crippen molar-refractivity contribution in [2.24, 2.45) is 0 Å². The van der Waals surface area contributed by atoms with Crippen molar-refractivity contribution in [3.05, 3.63) is 46.8 Å². The second-order valence-corrected chi connectivity index (χ2v) is 5.36. The third-order valence-electron chi connectivity index (χ3n) is 3.38. The largest absolute Gasteiger partial charge is 0.370 e. The fraction of sp³-hybridized carbons (Fsp3) is 0.412. The third kappa shape index (κ3) is 4.18. The van der Waals surface area contributed by atoms with Crippen molar-refractivity contribution in [1.29, 1.82) is 0 Å². The number of rotatable bonds is 6. The van der Waals surface area contributed by atoms with Gasteiger partial charge in [0.1, 0.15) is 17.5 Å². The molecule has 1 heterocycles. The minimum absolute atomic E-state index is 0.769. The summed E-state index contributed by atoms with van der Waals surface area (Å²) in [5.41, 5.74) is 3.60. The molecule has 0 amide bonds. The van der Waals surface area contributed by atoms with E-state index in [1.54, 1.807) is 0 Å². The molecule has 112 valence electrons. The lowest BCUT2D eigenvalue weighted by Gasteiger charge is -2.14. The summed E-state index contributed by atoms with van der Waals surface area (Å²) in [7, 11) is 0. The first-order chi connectivity index (χ1) is 10.1. The number of anilines is 2. The van der Waals surface area contributed by atoms with E-state index in [1.807, 2.05) is 6.92 Å². The van der Waals surface area contributed by atoms with Gasteiger partial charge >= 0.3 is 0 Å². The molecule has 0 aliphatic carbocycles. The van der Waals surface area contributed by atoms with Gasteiger partial charge in [0.25, 0.3) is 0 Å². The molecule has 2 rings (SSSR count). The molecule has 0 aliphatic rings. The zero-order valence-corrected chi connectivity index (χ0v) is 13.3.